The van der Waals surface area contributed by atoms with Gasteiger partial charge in [0.1, 0.15) is 0 Å². The Morgan fingerprint density at radius 1 is 1.03 bits per heavy atom. The number of hydrogen-bond acceptors (Lipinski definition) is 7. The Balaban J connectivity index is 1.32. The van der Waals surface area contributed by atoms with Crippen molar-refractivity contribution in [1.82, 2.24) is 10.2 Å². The topological polar surface area (TPSA) is 103 Å². The molecule has 0 fully saturated rings. The van der Waals surface area contributed by atoms with Crippen LogP contribution in [0.3, 0.4) is 0 Å². The summed E-state index contributed by atoms with van der Waals surface area (Å²) in [5.74, 6) is -0.232. The number of benzene rings is 3. The Morgan fingerprint density at radius 2 is 1.79 bits per heavy atom. The van der Waals surface area contributed by atoms with E-state index in [9.17, 15) is 13.2 Å². The first kappa shape index (κ1) is 21.8. The Morgan fingerprint density at radius 3 is 2.62 bits per heavy atom. The maximum absolute atomic E-state index is 13.4. The average Bonchev–Trinajstić information content (AvgIpc) is 3.47. The molecule has 9 heteroatoms. The highest BCUT2D eigenvalue weighted by Crippen LogP contribution is 2.36. The van der Waals surface area contributed by atoms with Gasteiger partial charge in [0.25, 0.3) is 15.9 Å². The lowest BCUT2D eigenvalue weighted by Gasteiger charge is -2.24. The minimum atomic E-state index is -3.87. The van der Waals surface area contributed by atoms with Crippen molar-refractivity contribution in [2.45, 2.75) is 30.9 Å². The summed E-state index contributed by atoms with van der Waals surface area (Å²) in [4.78, 5) is 12.7. The highest BCUT2D eigenvalue weighted by molar-refractivity contribution is 7.92. The van der Waals surface area contributed by atoms with Crippen molar-refractivity contribution in [1.29, 1.82) is 0 Å². The zero-order valence-electron chi connectivity index (χ0n) is 18.3. The number of anilines is 1. The molecule has 3 aromatic carbocycles. The standard InChI is InChI=1S/C25H21N3O5S/c1-17-14-19-10-5-6-13-22(19)28(17)34(30,31)21-12-7-11-20(15-21)25(29)32-16-23-26-27-24(33-23)18-8-3-2-4-9-18/h2-13,15,17H,14,16H2,1H3/t17-/m0/s1. The minimum Gasteiger partial charge on any atom is -0.452 e. The molecule has 1 aliphatic rings. The van der Waals surface area contributed by atoms with Gasteiger partial charge in [0, 0.05) is 11.6 Å². The van der Waals surface area contributed by atoms with Crippen LogP contribution >= 0.6 is 0 Å². The first-order chi connectivity index (χ1) is 16.4. The summed E-state index contributed by atoms with van der Waals surface area (Å²) < 4.78 is 39.1. The van der Waals surface area contributed by atoms with E-state index in [-0.39, 0.29) is 29.0 Å². The fraction of sp³-hybridized carbons (Fsp3) is 0.160. The zero-order valence-corrected chi connectivity index (χ0v) is 19.1. The fourth-order valence-electron chi connectivity index (χ4n) is 4.02. The van der Waals surface area contributed by atoms with E-state index >= 15 is 0 Å². The van der Waals surface area contributed by atoms with Crippen molar-refractivity contribution in [2.75, 3.05) is 4.31 Å². The summed E-state index contributed by atoms with van der Waals surface area (Å²) in [6.45, 7) is 1.63. The summed E-state index contributed by atoms with van der Waals surface area (Å²) >= 11 is 0. The molecule has 0 bridgehead atoms. The van der Waals surface area contributed by atoms with Crippen molar-refractivity contribution in [2.24, 2.45) is 0 Å². The first-order valence-electron chi connectivity index (χ1n) is 10.7. The van der Waals surface area contributed by atoms with Crippen LogP contribution < -0.4 is 4.31 Å². The molecule has 1 aromatic heterocycles. The molecule has 1 atom stereocenters. The van der Waals surface area contributed by atoms with Crippen molar-refractivity contribution in [3.05, 3.63) is 95.9 Å². The summed E-state index contributed by atoms with van der Waals surface area (Å²) in [6.07, 6.45) is 0.631. The molecule has 0 radical (unpaired) electrons. The van der Waals surface area contributed by atoms with E-state index in [0.29, 0.717) is 18.0 Å². The molecule has 0 spiro atoms. The van der Waals surface area contributed by atoms with E-state index in [1.54, 1.807) is 6.07 Å². The molecule has 0 aliphatic carbocycles. The van der Waals surface area contributed by atoms with Crippen LogP contribution in [0.4, 0.5) is 5.69 Å². The molecular formula is C25H21N3O5S. The molecule has 0 saturated carbocycles. The van der Waals surface area contributed by atoms with Gasteiger partial charge in [-0.15, -0.1) is 10.2 Å². The summed E-state index contributed by atoms with van der Waals surface area (Å²) in [6, 6.07) is 22.3. The molecule has 8 nitrogen and oxygen atoms in total. The molecule has 0 unspecified atom stereocenters. The number of rotatable bonds is 6. The Bertz CT molecular complexity index is 1450. The lowest BCUT2D eigenvalue weighted by atomic mass is 10.1. The van der Waals surface area contributed by atoms with Gasteiger partial charge < -0.3 is 9.15 Å². The quantitative estimate of drug-likeness (QED) is 0.385. The second-order valence-electron chi connectivity index (χ2n) is 7.95. The number of fused-ring (bicyclic) bond motifs is 1. The van der Waals surface area contributed by atoms with Crippen molar-refractivity contribution in [3.8, 4) is 11.5 Å². The van der Waals surface area contributed by atoms with E-state index < -0.39 is 16.0 Å². The SMILES string of the molecule is C[C@H]1Cc2ccccc2N1S(=O)(=O)c1cccc(C(=O)OCc2nnc(-c3ccccc3)o2)c1. The second kappa shape index (κ2) is 8.75. The smallest absolute Gasteiger partial charge is 0.338 e. The van der Waals surface area contributed by atoms with Crippen LogP contribution in [0.1, 0.15) is 28.7 Å². The van der Waals surface area contributed by atoms with Gasteiger partial charge in [-0.2, -0.15) is 0 Å². The van der Waals surface area contributed by atoms with Crippen LogP contribution in [-0.4, -0.2) is 30.6 Å². The Hall–Kier alpha value is -3.98. The predicted octanol–water partition coefficient (Wildman–Crippen LogP) is 4.23. The number of ether oxygens (including phenoxy) is 1. The summed E-state index contributed by atoms with van der Waals surface area (Å²) in [5, 5.41) is 7.86. The highest BCUT2D eigenvalue weighted by Gasteiger charge is 2.36. The maximum atomic E-state index is 13.4. The molecule has 1 aliphatic heterocycles. The average molecular weight is 476 g/mol. The van der Waals surface area contributed by atoms with Gasteiger partial charge in [-0.05, 0) is 55.3 Å². The minimum absolute atomic E-state index is 0.0228. The largest absolute Gasteiger partial charge is 0.452 e. The number of hydrogen-bond donors (Lipinski definition) is 0. The van der Waals surface area contributed by atoms with Gasteiger partial charge in [-0.3, -0.25) is 4.31 Å². The zero-order chi connectivity index (χ0) is 23.7. The number of para-hydroxylation sites is 1. The van der Waals surface area contributed by atoms with Crippen LogP contribution in [0.25, 0.3) is 11.5 Å². The predicted molar refractivity (Wildman–Crippen MR) is 125 cm³/mol. The van der Waals surface area contributed by atoms with Crippen molar-refractivity contribution < 1.29 is 22.4 Å². The van der Waals surface area contributed by atoms with Crippen LogP contribution in [0.5, 0.6) is 0 Å². The molecule has 4 aromatic rings. The Kier molecular flexibility index (Phi) is 5.62. The lowest BCUT2D eigenvalue weighted by Crippen LogP contribution is -2.35. The normalized spacial score (nSPS) is 15.2. The fourth-order valence-corrected chi connectivity index (χ4v) is 5.76. The third-order valence-electron chi connectivity index (χ3n) is 5.59. The van der Waals surface area contributed by atoms with E-state index in [0.717, 1.165) is 11.1 Å². The number of aromatic nitrogens is 2. The monoisotopic (exact) mass is 475 g/mol. The highest BCUT2D eigenvalue weighted by atomic mass is 32.2. The second-order valence-corrected chi connectivity index (χ2v) is 9.77. The molecule has 5 rings (SSSR count). The van der Waals surface area contributed by atoms with Crippen LogP contribution in [-0.2, 0) is 27.8 Å². The van der Waals surface area contributed by atoms with E-state index in [1.165, 1.54) is 28.6 Å². The molecule has 34 heavy (non-hydrogen) atoms. The van der Waals surface area contributed by atoms with Crippen molar-refractivity contribution in [3.63, 3.8) is 0 Å². The van der Waals surface area contributed by atoms with Crippen LogP contribution in [0, 0.1) is 0 Å². The number of esters is 1. The number of carbonyl (C=O) groups excluding carboxylic acids is 1. The third-order valence-corrected chi connectivity index (χ3v) is 7.51. The van der Waals surface area contributed by atoms with Gasteiger partial charge in [0.2, 0.25) is 5.89 Å². The first-order valence-corrected chi connectivity index (χ1v) is 12.1. The summed E-state index contributed by atoms with van der Waals surface area (Å²) in [5.41, 5.74) is 2.50. The number of carbonyl (C=O) groups is 1. The molecule has 0 saturated heterocycles. The maximum Gasteiger partial charge on any atom is 0.338 e. The van der Waals surface area contributed by atoms with Crippen molar-refractivity contribution >= 4 is 21.7 Å². The Labute approximate surface area is 196 Å². The van der Waals surface area contributed by atoms with Gasteiger partial charge in [0.05, 0.1) is 16.1 Å². The molecular weight excluding hydrogens is 454 g/mol. The van der Waals surface area contributed by atoms with Crippen LogP contribution in [0.15, 0.2) is 88.2 Å². The molecule has 0 N–H and O–H groups in total. The number of nitrogens with zero attached hydrogens (tertiary/aromatic N) is 3. The van der Waals surface area contributed by atoms with Gasteiger partial charge in [-0.25, -0.2) is 13.2 Å². The van der Waals surface area contributed by atoms with E-state index in [2.05, 4.69) is 10.2 Å². The summed E-state index contributed by atoms with van der Waals surface area (Å²) in [7, 11) is -3.87. The third kappa shape index (κ3) is 4.06. The van der Waals surface area contributed by atoms with E-state index in [1.807, 2.05) is 55.5 Å². The molecule has 172 valence electrons. The van der Waals surface area contributed by atoms with Gasteiger partial charge >= 0.3 is 5.97 Å². The number of sulfonamides is 1. The molecule has 2 heterocycles. The van der Waals surface area contributed by atoms with E-state index in [4.69, 9.17) is 9.15 Å². The van der Waals surface area contributed by atoms with Crippen LogP contribution in [0.2, 0.25) is 0 Å². The van der Waals surface area contributed by atoms with Gasteiger partial charge in [0.15, 0.2) is 6.61 Å². The van der Waals surface area contributed by atoms with Gasteiger partial charge in [-0.1, -0.05) is 42.5 Å². The molecule has 0 amide bonds. The lowest BCUT2D eigenvalue weighted by molar-refractivity contribution is 0.0438.